The molecule has 11 heavy (non-hydrogen) atoms. The summed E-state index contributed by atoms with van der Waals surface area (Å²) in [6.07, 6.45) is 3.75. The van der Waals surface area contributed by atoms with Gasteiger partial charge in [-0.1, -0.05) is 70.3 Å². The fourth-order valence-corrected chi connectivity index (χ4v) is 5.73. The molecule has 0 saturated carbocycles. The van der Waals surface area contributed by atoms with Gasteiger partial charge in [0.1, 0.15) is 0 Å². The summed E-state index contributed by atoms with van der Waals surface area (Å²) in [5.41, 5.74) is 0. The van der Waals surface area contributed by atoms with Gasteiger partial charge in [0.25, 0.3) is 0 Å². The molecule has 0 aliphatic heterocycles. The summed E-state index contributed by atoms with van der Waals surface area (Å²) >= 11 is 5.05. The van der Waals surface area contributed by atoms with Crippen molar-refractivity contribution >= 4 is 46.9 Å². The van der Waals surface area contributed by atoms with Gasteiger partial charge < -0.3 is 4.43 Å². The number of hydrogen-bond acceptors (Lipinski definition) is 1. The summed E-state index contributed by atoms with van der Waals surface area (Å²) in [5, 5.41) is 0. The van der Waals surface area contributed by atoms with Crippen molar-refractivity contribution in [2.75, 3.05) is 6.61 Å². The fourth-order valence-electron chi connectivity index (χ4n) is 0.706. The van der Waals surface area contributed by atoms with Crippen molar-refractivity contribution in [1.82, 2.24) is 0 Å². The molecule has 0 radical (unpaired) electrons. The molecule has 0 aliphatic rings. The topological polar surface area (TPSA) is 9.23 Å². The highest BCUT2D eigenvalue weighted by atomic mass is 127. The number of hydrogen-bond donors (Lipinski definition) is 0. The van der Waals surface area contributed by atoms with Crippen LogP contribution in [0.1, 0.15) is 33.1 Å². The van der Waals surface area contributed by atoms with E-state index >= 15 is 0 Å². The van der Waals surface area contributed by atoms with Crippen LogP contribution in [0.4, 0.5) is 0 Å². The number of unbranched alkanes of at least 4 members (excludes halogenated alkanes) is 1. The van der Waals surface area contributed by atoms with Crippen LogP contribution in [-0.4, -0.2) is 9.92 Å². The molecule has 0 rings (SSSR count). The second-order valence-corrected chi connectivity index (χ2v) is 21.3. The maximum absolute atomic E-state index is 5.79. The van der Waals surface area contributed by atoms with E-state index in [0.717, 1.165) is 13.0 Å². The highest BCUT2D eigenvalue weighted by Gasteiger charge is 2.26. The van der Waals surface area contributed by atoms with Crippen molar-refractivity contribution in [3.05, 3.63) is 0 Å². The molecule has 0 aromatic heterocycles. The van der Waals surface area contributed by atoms with Crippen LogP contribution in [0.25, 0.3) is 0 Å². The van der Waals surface area contributed by atoms with Gasteiger partial charge in [-0.15, -0.1) is 0 Å². The Morgan fingerprint density at radius 3 is 2.27 bits per heavy atom. The molecule has 4 heteroatoms. The number of halogens is 2. The van der Waals surface area contributed by atoms with Crippen LogP contribution in [-0.2, 0) is 4.43 Å². The molecular weight excluding hydrogens is 382 g/mol. The van der Waals surface area contributed by atoms with Gasteiger partial charge in [0.2, 0.25) is 0 Å². The van der Waals surface area contributed by atoms with Crippen molar-refractivity contribution in [2.24, 2.45) is 0 Å². The Morgan fingerprint density at radius 2 is 1.82 bits per heavy atom. The van der Waals surface area contributed by atoms with Gasteiger partial charge in [-0.25, -0.2) is 0 Å². The van der Waals surface area contributed by atoms with Crippen molar-refractivity contribution < 1.29 is 4.43 Å². The smallest absolute Gasteiger partial charge is 0.325 e. The first-order valence-electron chi connectivity index (χ1n) is 4.14. The van der Waals surface area contributed by atoms with Crippen LogP contribution in [0.5, 0.6) is 0 Å². The van der Waals surface area contributed by atoms with Gasteiger partial charge in [0.15, 0.2) is 0 Å². The molecule has 1 nitrogen and oxygen atoms in total. The molecule has 0 aromatic rings. The second-order valence-electron chi connectivity index (χ2n) is 2.59. The molecule has 0 spiro atoms. The maximum atomic E-state index is 5.79. The number of rotatable bonds is 6. The minimum Gasteiger partial charge on any atom is -0.400 e. The molecule has 0 unspecified atom stereocenters. The van der Waals surface area contributed by atoms with Gasteiger partial charge in [-0.2, -0.15) is 0 Å². The average molecular weight is 398 g/mol. The van der Waals surface area contributed by atoms with Crippen LogP contribution in [0.3, 0.4) is 0 Å². The lowest BCUT2D eigenvalue weighted by Gasteiger charge is -2.17. The van der Waals surface area contributed by atoms with Crippen molar-refractivity contribution in [3.63, 3.8) is 0 Å². The Balaban J connectivity index is 3.43. The van der Waals surface area contributed by atoms with E-state index in [0.29, 0.717) is 0 Å². The molecular formula is C7H16I2OSi. The van der Waals surface area contributed by atoms with E-state index in [-0.39, 0.29) is 0 Å². The lowest BCUT2D eigenvalue weighted by atomic mass is 10.4. The quantitative estimate of drug-likeness (QED) is 0.373. The summed E-state index contributed by atoms with van der Waals surface area (Å²) in [6.45, 7) is 5.34. The molecule has 0 N–H and O–H groups in total. The van der Waals surface area contributed by atoms with E-state index < -0.39 is 3.31 Å². The van der Waals surface area contributed by atoms with Crippen LogP contribution in [0.2, 0.25) is 6.04 Å². The van der Waals surface area contributed by atoms with Crippen LogP contribution in [0, 0.1) is 0 Å². The minimum absolute atomic E-state index is 0.946. The molecule has 0 bridgehead atoms. The van der Waals surface area contributed by atoms with Gasteiger partial charge in [-0.05, 0) is 12.5 Å². The highest BCUT2D eigenvalue weighted by Crippen LogP contribution is 2.29. The van der Waals surface area contributed by atoms with Gasteiger partial charge in [0, 0.05) is 6.61 Å². The molecule has 0 amide bonds. The van der Waals surface area contributed by atoms with E-state index in [4.69, 9.17) is 4.43 Å². The zero-order valence-electron chi connectivity index (χ0n) is 7.20. The van der Waals surface area contributed by atoms with Crippen molar-refractivity contribution in [1.29, 1.82) is 0 Å². The third kappa shape index (κ3) is 7.98. The maximum Gasteiger partial charge on any atom is 0.325 e. The zero-order chi connectivity index (χ0) is 8.74. The minimum atomic E-state index is -1.31. The average Bonchev–Trinajstić information content (AvgIpc) is 1.97. The van der Waals surface area contributed by atoms with E-state index in [1.165, 1.54) is 18.9 Å². The van der Waals surface area contributed by atoms with Crippen molar-refractivity contribution in [2.45, 2.75) is 39.2 Å². The molecule has 0 saturated heterocycles. The van der Waals surface area contributed by atoms with E-state index in [9.17, 15) is 0 Å². The molecule has 0 fully saturated rings. The SMILES string of the molecule is CCCC[Si](I)(I)OCCC. The molecule has 0 aromatic carbocycles. The Bertz CT molecular complexity index is 88.4. The second kappa shape index (κ2) is 7.08. The third-order valence-electron chi connectivity index (χ3n) is 1.34. The van der Waals surface area contributed by atoms with Crippen LogP contribution < -0.4 is 0 Å². The standard InChI is InChI=1S/C7H16I2OSi/c1-3-5-7-11(8,9)10-6-4-2/h3-7H2,1-2H3. The monoisotopic (exact) mass is 398 g/mol. The molecule has 0 aliphatic carbocycles. The zero-order valence-corrected chi connectivity index (χ0v) is 12.5. The first-order valence-corrected chi connectivity index (χ1v) is 12.5. The summed E-state index contributed by atoms with van der Waals surface area (Å²) in [6, 6.07) is 1.30. The van der Waals surface area contributed by atoms with Crippen LogP contribution in [0.15, 0.2) is 0 Å². The third-order valence-corrected chi connectivity index (χ3v) is 8.01. The molecule has 0 atom stereocenters. The van der Waals surface area contributed by atoms with Crippen LogP contribution >= 0.6 is 43.6 Å². The van der Waals surface area contributed by atoms with E-state index in [2.05, 4.69) is 57.4 Å². The van der Waals surface area contributed by atoms with E-state index in [1.807, 2.05) is 0 Å². The summed E-state index contributed by atoms with van der Waals surface area (Å²) < 4.78 is 4.49. The van der Waals surface area contributed by atoms with Gasteiger partial charge in [-0.3, -0.25) is 0 Å². The Kier molecular flexibility index (Phi) is 8.13. The summed E-state index contributed by atoms with van der Waals surface area (Å²) in [5.74, 6) is 0. The van der Waals surface area contributed by atoms with Gasteiger partial charge >= 0.3 is 3.31 Å². The molecule has 0 heterocycles. The lowest BCUT2D eigenvalue weighted by molar-refractivity contribution is 0.330. The summed E-state index contributed by atoms with van der Waals surface area (Å²) in [7, 11) is 0. The lowest BCUT2D eigenvalue weighted by Crippen LogP contribution is -2.22. The summed E-state index contributed by atoms with van der Waals surface area (Å²) in [4.78, 5) is 0. The first kappa shape index (κ1) is 12.6. The van der Waals surface area contributed by atoms with Gasteiger partial charge in [0.05, 0.1) is 0 Å². The predicted molar refractivity (Wildman–Crippen MR) is 69.8 cm³/mol. The Labute approximate surface area is 96.2 Å². The highest BCUT2D eigenvalue weighted by molar-refractivity contribution is 14.3. The van der Waals surface area contributed by atoms with E-state index in [1.54, 1.807) is 0 Å². The van der Waals surface area contributed by atoms with Crippen molar-refractivity contribution in [3.8, 4) is 0 Å². The normalized spacial score (nSPS) is 12.0. The fraction of sp³-hybridized carbons (Fsp3) is 1.00. The Morgan fingerprint density at radius 1 is 1.18 bits per heavy atom. The predicted octanol–water partition coefficient (Wildman–Crippen LogP) is 4.02. The Hall–Kier alpha value is 1.64. The largest absolute Gasteiger partial charge is 0.400 e. The first-order chi connectivity index (χ1) is 5.12. The molecule has 68 valence electrons.